The van der Waals surface area contributed by atoms with Crippen LogP contribution >= 0.6 is 0 Å². The molecular weight excluding hydrogens is 356 g/mol. The van der Waals surface area contributed by atoms with Gasteiger partial charge < -0.3 is 25.0 Å². The van der Waals surface area contributed by atoms with Crippen molar-refractivity contribution in [2.24, 2.45) is 10.4 Å². The van der Waals surface area contributed by atoms with Crippen molar-refractivity contribution >= 4 is 17.6 Å². The molecule has 28 heavy (non-hydrogen) atoms. The summed E-state index contributed by atoms with van der Waals surface area (Å²) < 4.78 is 10.8. The van der Waals surface area contributed by atoms with Crippen LogP contribution in [0.15, 0.2) is 29.3 Å². The monoisotopic (exact) mass is 390 g/mol. The van der Waals surface area contributed by atoms with Crippen molar-refractivity contribution < 1.29 is 14.3 Å². The number of hydrogen-bond acceptors (Lipinski definition) is 4. The summed E-state index contributed by atoms with van der Waals surface area (Å²) in [5.41, 5.74) is 0.546. The summed E-state index contributed by atoms with van der Waals surface area (Å²) in [5.74, 6) is 1.64. The van der Waals surface area contributed by atoms with Crippen molar-refractivity contribution in [2.45, 2.75) is 32.1 Å². The number of hydrogen-bond donors (Lipinski definition) is 2. The molecule has 0 aliphatic heterocycles. The molecule has 1 fully saturated rings. The van der Waals surface area contributed by atoms with Gasteiger partial charge in [-0.3, -0.25) is 9.79 Å². The molecule has 0 aromatic heterocycles. The molecule has 1 amide bonds. The Kier molecular flexibility index (Phi) is 8.57. The van der Waals surface area contributed by atoms with E-state index in [-0.39, 0.29) is 11.3 Å². The topological polar surface area (TPSA) is 75.2 Å². The SMILES string of the molecule is CN=C(NCC1(C(=O)N(C)C)CCCC1)Nc1cccc(OCCCOC)c1. The van der Waals surface area contributed by atoms with Gasteiger partial charge in [-0.15, -0.1) is 0 Å². The number of aliphatic imine (C=N–C) groups is 1. The van der Waals surface area contributed by atoms with E-state index in [4.69, 9.17) is 9.47 Å². The largest absolute Gasteiger partial charge is 0.493 e. The molecular formula is C21H34N4O3. The average molecular weight is 391 g/mol. The van der Waals surface area contributed by atoms with Crippen molar-refractivity contribution in [2.75, 3.05) is 53.3 Å². The number of carbonyl (C=O) groups excluding carboxylic acids is 1. The molecule has 0 heterocycles. The van der Waals surface area contributed by atoms with E-state index in [0.29, 0.717) is 25.7 Å². The van der Waals surface area contributed by atoms with E-state index in [1.54, 1.807) is 19.1 Å². The number of anilines is 1. The van der Waals surface area contributed by atoms with Crippen molar-refractivity contribution in [1.82, 2.24) is 10.2 Å². The van der Waals surface area contributed by atoms with E-state index in [1.165, 1.54) is 0 Å². The highest BCUT2D eigenvalue weighted by Gasteiger charge is 2.42. The minimum atomic E-state index is -0.340. The Morgan fingerprint density at radius 3 is 2.64 bits per heavy atom. The molecule has 0 saturated heterocycles. The van der Waals surface area contributed by atoms with E-state index < -0.39 is 0 Å². The molecule has 1 aliphatic carbocycles. The Morgan fingerprint density at radius 2 is 2.00 bits per heavy atom. The third kappa shape index (κ3) is 6.12. The third-order valence-electron chi connectivity index (χ3n) is 5.10. The average Bonchev–Trinajstić information content (AvgIpc) is 3.18. The van der Waals surface area contributed by atoms with Gasteiger partial charge in [0.05, 0.1) is 12.0 Å². The van der Waals surface area contributed by atoms with Crippen LogP contribution in [-0.2, 0) is 9.53 Å². The molecule has 0 spiro atoms. The first-order valence-corrected chi connectivity index (χ1v) is 9.92. The zero-order valence-electron chi connectivity index (χ0n) is 17.6. The number of rotatable bonds is 9. The molecule has 0 radical (unpaired) electrons. The second-order valence-electron chi connectivity index (χ2n) is 7.46. The zero-order chi connectivity index (χ0) is 20.4. The minimum Gasteiger partial charge on any atom is -0.493 e. The fourth-order valence-corrected chi connectivity index (χ4v) is 3.62. The molecule has 2 N–H and O–H groups in total. The van der Waals surface area contributed by atoms with Crippen LogP contribution in [0.5, 0.6) is 5.75 Å². The lowest BCUT2D eigenvalue weighted by atomic mass is 9.84. The van der Waals surface area contributed by atoms with Crippen LogP contribution in [0.4, 0.5) is 5.69 Å². The maximum Gasteiger partial charge on any atom is 0.230 e. The summed E-state index contributed by atoms with van der Waals surface area (Å²) in [4.78, 5) is 18.7. The number of nitrogens with one attached hydrogen (secondary N) is 2. The number of methoxy groups -OCH3 is 1. The lowest BCUT2D eigenvalue weighted by Crippen LogP contribution is -2.47. The van der Waals surface area contributed by atoms with Crippen LogP contribution in [0.25, 0.3) is 0 Å². The van der Waals surface area contributed by atoms with Gasteiger partial charge in [0.1, 0.15) is 5.75 Å². The fourth-order valence-electron chi connectivity index (χ4n) is 3.62. The molecule has 1 saturated carbocycles. The summed E-state index contributed by atoms with van der Waals surface area (Å²) in [6.07, 6.45) is 4.86. The second-order valence-corrected chi connectivity index (χ2v) is 7.46. The molecule has 7 nitrogen and oxygen atoms in total. The molecule has 7 heteroatoms. The van der Waals surface area contributed by atoms with Crippen molar-refractivity contribution in [3.8, 4) is 5.75 Å². The van der Waals surface area contributed by atoms with E-state index >= 15 is 0 Å². The quantitative estimate of drug-likeness (QED) is 0.385. The molecule has 0 bridgehead atoms. The zero-order valence-corrected chi connectivity index (χ0v) is 17.6. The Morgan fingerprint density at radius 1 is 1.25 bits per heavy atom. The Hall–Kier alpha value is -2.28. The predicted molar refractivity (Wildman–Crippen MR) is 113 cm³/mol. The van der Waals surface area contributed by atoms with Gasteiger partial charge in [-0.05, 0) is 25.0 Å². The van der Waals surface area contributed by atoms with E-state index in [1.807, 2.05) is 38.4 Å². The van der Waals surface area contributed by atoms with Crippen LogP contribution in [0, 0.1) is 5.41 Å². The summed E-state index contributed by atoms with van der Waals surface area (Å²) in [7, 11) is 7.07. The maximum absolute atomic E-state index is 12.7. The predicted octanol–water partition coefficient (Wildman–Crippen LogP) is 2.74. The molecule has 0 atom stereocenters. The van der Waals surface area contributed by atoms with Crippen molar-refractivity contribution in [3.05, 3.63) is 24.3 Å². The van der Waals surface area contributed by atoms with E-state index in [9.17, 15) is 4.79 Å². The standard InChI is InChI=1S/C21H34N4O3/c1-22-20(23-16-21(11-5-6-12-21)19(26)25(2)3)24-17-9-7-10-18(15-17)28-14-8-13-27-4/h7,9-10,15H,5-6,8,11-14,16H2,1-4H3,(H2,22,23,24). The summed E-state index contributed by atoms with van der Waals surface area (Å²) >= 11 is 0. The third-order valence-corrected chi connectivity index (χ3v) is 5.10. The molecule has 1 aliphatic rings. The second kappa shape index (κ2) is 10.9. The van der Waals surface area contributed by atoms with Crippen LogP contribution in [0.2, 0.25) is 0 Å². The number of benzene rings is 1. The number of guanidine groups is 1. The number of carbonyl (C=O) groups is 1. The highest BCUT2D eigenvalue weighted by atomic mass is 16.5. The Balaban J connectivity index is 1.94. The Labute approximate surface area is 168 Å². The highest BCUT2D eigenvalue weighted by Crippen LogP contribution is 2.38. The van der Waals surface area contributed by atoms with Gasteiger partial charge in [-0.2, -0.15) is 0 Å². The van der Waals surface area contributed by atoms with E-state index in [2.05, 4.69) is 15.6 Å². The normalized spacial score (nSPS) is 15.9. The van der Waals surface area contributed by atoms with Gasteiger partial charge in [0.2, 0.25) is 5.91 Å². The van der Waals surface area contributed by atoms with Crippen LogP contribution in [0.1, 0.15) is 32.1 Å². The first-order valence-electron chi connectivity index (χ1n) is 9.92. The molecule has 1 aromatic carbocycles. The summed E-state index contributed by atoms with van der Waals surface area (Å²) in [5, 5.41) is 6.64. The first kappa shape index (κ1) is 22.0. The van der Waals surface area contributed by atoms with Gasteiger partial charge >= 0.3 is 0 Å². The van der Waals surface area contributed by atoms with Crippen LogP contribution < -0.4 is 15.4 Å². The number of amides is 1. The molecule has 156 valence electrons. The van der Waals surface area contributed by atoms with Gasteiger partial charge in [0.15, 0.2) is 5.96 Å². The molecule has 1 aromatic rings. The lowest BCUT2D eigenvalue weighted by Gasteiger charge is -2.31. The number of nitrogens with zero attached hydrogens (tertiary/aromatic N) is 2. The minimum absolute atomic E-state index is 0.194. The highest BCUT2D eigenvalue weighted by molar-refractivity contribution is 5.94. The van der Waals surface area contributed by atoms with E-state index in [0.717, 1.165) is 43.5 Å². The summed E-state index contributed by atoms with van der Waals surface area (Å²) in [6, 6.07) is 7.77. The van der Waals surface area contributed by atoms with Gasteiger partial charge in [0, 0.05) is 59.6 Å². The van der Waals surface area contributed by atoms with Crippen LogP contribution in [-0.4, -0.2) is 64.8 Å². The summed E-state index contributed by atoms with van der Waals surface area (Å²) in [6.45, 7) is 1.87. The number of ether oxygens (including phenoxy) is 2. The van der Waals surface area contributed by atoms with Gasteiger partial charge in [-0.1, -0.05) is 18.9 Å². The maximum atomic E-state index is 12.7. The first-order chi connectivity index (χ1) is 13.5. The smallest absolute Gasteiger partial charge is 0.230 e. The van der Waals surface area contributed by atoms with Crippen molar-refractivity contribution in [1.29, 1.82) is 0 Å². The van der Waals surface area contributed by atoms with Crippen LogP contribution in [0.3, 0.4) is 0 Å². The fraction of sp³-hybridized carbons (Fsp3) is 0.619. The Bertz CT molecular complexity index is 655. The lowest BCUT2D eigenvalue weighted by molar-refractivity contribution is -0.138. The van der Waals surface area contributed by atoms with Crippen molar-refractivity contribution in [3.63, 3.8) is 0 Å². The van der Waals surface area contributed by atoms with Gasteiger partial charge in [-0.25, -0.2) is 0 Å². The molecule has 2 rings (SSSR count). The molecule has 0 unspecified atom stereocenters. The van der Waals surface area contributed by atoms with Gasteiger partial charge in [0.25, 0.3) is 0 Å².